The number of hydrogen-bond donors (Lipinski definition) is 2. The molecular weight excluding hydrogens is 252 g/mol. The second-order valence-corrected chi connectivity index (χ2v) is 6.00. The van der Waals surface area contributed by atoms with Gasteiger partial charge >= 0.3 is 0 Å². The van der Waals surface area contributed by atoms with Gasteiger partial charge in [-0.25, -0.2) is 0 Å². The first-order valence-electron chi connectivity index (χ1n) is 7.64. The molecule has 1 aromatic rings. The predicted octanol–water partition coefficient (Wildman–Crippen LogP) is 2.72. The number of aliphatic hydroxyl groups is 1. The molecule has 1 aliphatic rings. The van der Waals surface area contributed by atoms with Crippen molar-refractivity contribution in [2.45, 2.75) is 65.0 Å². The number of aliphatic hydroxyl groups excluding tert-OH is 1. The first-order chi connectivity index (χ1) is 9.54. The maximum atomic E-state index is 12.2. The zero-order chi connectivity index (χ0) is 14.7. The molecular formula is C16H26N2O2. The van der Waals surface area contributed by atoms with Crippen LogP contribution in [-0.2, 0) is 0 Å². The zero-order valence-corrected chi connectivity index (χ0v) is 12.8. The maximum absolute atomic E-state index is 12.2. The molecule has 20 heavy (non-hydrogen) atoms. The number of amides is 1. The minimum atomic E-state index is -0.208. The summed E-state index contributed by atoms with van der Waals surface area (Å²) in [7, 11) is 0. The SMILES string of the molecule is Cc1cc(C(=O)N[C@@H](C)CO)c(C)n1C1CCCCC1. The van der Waals surface area contributed by atoms with Gasteiger partial charge in [-0.15, -0.1) is 0 Å². The molecule has 0 aromatic carbocycles. The van der Waals surface area contributed by atoms with Crippen molar-refractivity contribution < 1.29 is 9.90 Å². The smallest absolute Gasteiger partial charge is 0.253 e. The fourth-order valence-corrected chi connectivity index (χ4v) is 3.26. The Morgan fingerprint density at radius 2 is 2.05 bits per heavy atom. The largest absolute Gasteiger partial charge is 0.394 e. The Labute approximate surface area is 121 Å². The lowest BCUT2D eigenvalue weighted by Gasteiger charge is -2.26. The van der Waals surface area contributed by atoms with Gasteiger partial charge in [-0.1, -0.05) is 19.3 Å². The standard InChI is InChI=1S/C16H26N2O2/c1-11(10-19)17-16(20)15-9-12(2)18(13(15)3)14-7-5-4-6-8-14/h9,11,14,19H,4-8,10H2,1-3H3,(H,17,20)/t11-/m0/s1. The third kappa shape index (κ3) is 3.06. The molecule has 1 fully saturated rings. The van der Waals surface area contributed by atoms with Crippen molar-refractivity contribution in [1.29, 1.82) is 0 Å². The van der Waals surface area contributed by atoms with Crippen LogP contribution in [0.3, 0.4) is 0 Å². The molecule has 0 saturated heterocycles. The van der Waals surface area contributed by atoms with Crippen LogP contribution in [0.15, 0.2) is 6.07 Å². The molecule has 1 saturated carbocycles. The van der Waals surface area contributed by atoms with Crippen molar-refractivity contribution in [2.75, 3.05) is 6.61 Å². The molecule has 112 valence electrons. The number of rotatable bonds is 4. The first-order valence-corrected chi connectivity index (χ1v) is 7.64. The van der Waals surface area contributed by atoms with Gasteiger partial charge in [0.15, 0.2) is 0 Å². The van der Waals surface area contributed by atoms with E-state index in [2.05, 4.69) is 16.8 Å². The van der Waals surface area contributed by atoms with Crippen LogP contribution in [0, 0.1) is 13.8 Å². The van der Waals surface area contributed by atoms with E-state index in [-0.39, 0.29) is 18.6 Å². The summed E-state index contributed by atoms with van der Waals surface area (Å²) in [5.41, 5.74) is 2.96. The molecule has 0 bridgehead atoms. The van der Waals surface area contributed by atoms with Gasteiger partial charge in [0.05, 0.1) is 12.2 Å². The topological polar surface area (TPSA) is 54.3 Å². The van der Waals surface area contributed by atoms with E-state index in [4.69, 9.17) is 5.11 Å². The number of carbonyl (C=O) groups is 1. The van der Waals surface area contributed by atoms with Crippen LogP contribution < -0.4 is 5.32 Å². The monoisotopic (exact) mass is 278 g/mol. The molecule has 0 radical (unpaired) electrons. The minimum absolute atomic E-state index is 0.0346. The van der Waals surface area contributed by atoms with Gasteiger partial charge in [0, 0.05) is 23.5 Å². The lowest BCUT2D eigenvalue weighted by Crippen LogP contribution is -2.35. The Morgan fingerprint density at radius 3 is 2.65 bits per heavy atom. The van der Waals surface area contributed by atoms with Gasteiger partial charge in [-0.3, -0.25) is 4.79 Å². The van der Waals surface area contributed by atoms with E-state index < -0.39 is 0 Å². The van der Waals surface area contributed by atoms with E-state index in [1.54, 1.807) is 6.92 Å². The lowest BCUT2D eigenvalue weighted by molar-refractivity contribution is 0.0921. The molecule has 0 unspecified atom stereocenters. The highest BCUT2D eigenvalue weighted by molar-refractivity contribution is 5.95. The second kappa shape index (κ2) is 6.44. The summed E-state index contributed by atoms with van der Waals surface area (Å²) in [4.78, 5) is 12.2. The van der Waals surface area contributed by atoms with Crippen LogP contribution in [0.2, 0.25) is 0 Å². The lowest BCUT2D eigenvalue weighted by atomic mass is 9.95. The summed E-state index contributed by atoms with van der Waals surface area (Å²) in [6.45, 7) is 5.87. The highest BCUT2D eigenvalue weighted by Crippen LogP contribution is 2.32. The molecule has 1 atom stereocenters. The van der Waals surface area contributed by atoms with E-state index >= 15 is 0 Å². The van der Waals surface area contributed by atoms with Gasteiger partial charge < -0.3 is 15.0 Å². The van der Waals surface area contributed by atoms with E-state index in [0.717, 1.165) is 17.0 Å². The molecule has 4 nitrogen and oxygen atoms in total. The Morgan fingerprint density at radius 1 is 1.40 bits per heavy atom. The van der Waals surface area contributed by atoms with Crippen molar-refractivity contribution in [3.63, 3.8) is 0 Å². The van der Waals surface area contributed by atoms with Crippen molar-refractivity contribution in [3.05, 3.63) is 23.0 Å². The summed E-state index contributed by atoms with van der Waals surface area (Å²) in [6.07, 6.45) is 6.32. The van der Waals surface area contributed by atoms with E-state index in [1.165, 1.54) is 32.1 Å². The molecule has 1 heterocycles. The first kappa shape index (κ1) is 15.1. The summed E-state index contributed by atoms with van der Waals surface area (Å²) < 4.78 is 2.33. The number of aryl methyl sites for hydroxylation is 1. The maximum Gasteiger partial charge on any atom is 0.253 e. The van der Waals surface area contributed by atoms with Crippen LogP contribution in [0.1, 0.15) is 66.8 Å². The van der Waals surface area contributed by atoms with E-state index in [9.17, 15) is 4.79 Å². The molecule has 1 aromatic heterocycles. The third-order valence-electron chi connectivity index (χ3n) is 4.32. The average Bonchev–Trinajstić information content (AvgIpc) is 2.75. The van der Waals surface area contributed by atoms with Crippen LogP contribution >= 0.6 is 0 Å². The Balaban J connectivity index is 2.21. The number of hydrogen-bond acceptors (Lipinski definition) is 2. The molecule has 2 rings (SSSR count). The van der Waals surface area contributed by atoms with E-state index in [0.29, 0.717) is 6.04 Å². The highest BCUT2D eigenvalue weighted by atomic mass is 16.3. The van der Waals surface area contributed by atoms with Gasteiger partial charge in [-0.2, -0.15) is 0 Å². The minimum Gasteiger partial charge on any atom is -0.394 e. The normalized spacial score (nSPS) is 18.0. The Kier molecular flexibility index (Phi) is 4.86. The Bertz CT molecular complexity index is 473. The van der Waals surface area contributed by atoms with Crippen molar-refractivity contribution in [3.8, 4) is 0 Å². The zero-order valence-electron chi connectivity index (χ0n) is 12.8. The molecule has 2 N–H and O–H groups in total. The number of nitrogens with one attached hydrogen (secondary N) is 1. The molecule has 1 aliphatic carbocycles. The van der Waals surface area contributed by atoms with Crippen LogP contribution in [-0.4, -0.2) is 28.2 Å². The van der Waals surface area contributed by atoms with E-state index in [1.807, 2.05) is 13.0 Å². The molecule has 0 aliphatic heterocycles. The van der Waals surface area contributed by atoms with Crippen molar-refractivity contribution in [2.24, 2.45) is 0 Å². The average molecular weight is 278 g/mol. The number of carbonyl (C=O) groups excluding carboxylic acids is 1. The van der Waals surface area contributed by atoms with Crippen molar-refractivity contribution in [1.82, 2.24) is 9.88 Å². The number of nitrogens with zero attached hydrogens (tertiary/aromatic N) is 1. The van der Waals surface area contributed by atoms with Gasteiger partial charge in [0.1, 0.15) is 0 Å². The van der Waals surface area contributed by atoms with Crippen molar-refractivity contribution >= 4 is 5.91 Å². The van der Waals surface area contributed by atoms with Crippen LogP contribution in [0.5, 0.6) is 0 Å². The van der Waals surface area contributed by atoms with Crippen LogP contribution in [0.4, 0.5) is 0 Å². The van der Waals surface area contributed by atoms with Gasteiger partial charge in [0.2, 0.25) is 0 Å². The summed E-state index contributed by atoms with van der Waals surface area (Å²) >= 11 is 0. The second-order valence-electron chi connectivity index (χ2n) is 6.00. The predicted molar refractivity (Wildman–Crippen MR) is 80.0 cm³/mol. The summed E-state index contributed by atoms with van der Waals surface area (Å²) in [6, 6.07) is 2.31. The fraction of sp³-hybridized carbons (Fsp3) is 0.688. The van der Waals surface area contributed by atoms with Gasteiger partial charge in [0.25, 0.3) is 5.91 Å². The summed E-state index contributed by atoms with van der Waals surface area (Å²) in [5, 5.41) is 11.9. The number of aromatic nitrogens is 1. The fourth-order valence-electron chi connectivity index (χ4n) is 3.26. The highest BCUT2D eigenvalue weighted by Gasteiger charge is 2.22. The van der Waals surface area contributed by atoms with Crippen LogP contribution in [0.25, 0.3) is 0 Å². The Hall–Kier alpha value is -1.29. The quantitative estimate of drug-likeness (QED) is 0.889. The van der Waals surface area contributed by atoms with Gasteiger partial charge in [-0.05, 0) is 39.7 Å². The molecule has 4 heteroatoms. The molecule has 1 amide bonds. The summed E-state index contributed by atoms with van der Waals surface area (Å²) in [5.74, 6) is -0.0818. The molecule has 0 spiro atoms. The third-order valence-corrected chi connectivity index (χ3v) is 4.32.